The molecule has 3 aromatic carbocycles. The zero-order chi connectivity index (χ0) is 19.6. The molecule has 5 aromatic rings. The van der Waals surface area contributed by atoms with Crippen LogP contribution in [0.1, 0.15) is 12.5 Å². The van der Waals surface area contributed by atoms with Crippen LogP contribution in [0.5, 0.6) is 0 Å². The van der Waals surface area contributed by atoms with Gasteiger partial charge in [-0.05, 0) is 55.3 Å². The number of para-hydroxylation sites is 1. The Bertz CT molecular complexity index is 1420. The number of benzene rings is 3. The smallest absolute Gasteiger partial charge is 0.216 e. The van der Waals surface area contributed by atoms with E-state index >= 15 is 0 Å². The summed E-state index contributed by atoms with van der Waals surface area (Å²) < 4.78 is 30.5. The number of rotatable bonds is 1. The number of halogens is 1. The lowest BCUT2D eigenvalue weighted by Crippen LogP contribution is -2.32. The summed E-state index contributed by atoms with van der Waals surface area (Å²) in [7, 11) is 1.95. The van der Waals surface area contributed by atoms with Gasteiger partial charge in [-0.1, -0.05) is 18.2 Å². The van der Waals surface area contributed by atoms with Crippen molar-refractivity contribution >= 4 is 32.8 Å². The third-order valence-corrected chi connectivity index (χ3v) is 5.49. The molecular weight excluding hydrogens is 337 g/mol. The lowest BCUT2D eigenvalue weighted by Gasteiger charge is -2.10. The van der Waals surface area contributed by atoms with Crippen molar-refractivity contribution in [2.24, 2.45) is 7.05 Å². The van der Waals surface area contributed by atoms with Crippen molar-refractivity contribution in [2.75, 3.05) is 0 Å². The largest absolute Gasteiger partial charge is 0.455 e. The van der Waals surface area contributed by atoms with Crippen molar-refractivity contribution in [3.05, 3.63) is 77.6 Å². The highest BCUT2D eigenvalue weighted by Crippen LogP contribution is 2.38. The second-order valence-electron chi connectivity index (χ2n) is 7.06. The van der Waals surface area contributed by atoms with Crippen molar-refractivity contribution in [1.82, 2.24) is 0 Å². The van der Waals surface area contributed by atoms with E-state index in [2.05, 4.69) is 26.0 Å². The average molecular weight is 357 g/mol. The maximum absolute atomic E-state index is 13.7. The van der Waals surface area contributed by atoms with Gasteiger partial charge < -0.3 is 4.42 Å². The summed E-state index contributed by atoms with van der Waals surface area (Å²) in [5.74, 6) is -0.333. The number of aromatic nitrogens is 1. The molecule has 0 saturated carbocycles. The number of pyridine rings is 1. The van der Waals surface area contributed by atoms with E-state index in [9.17, 15) is 4.39 Å². The molecule has 0 fully saturated rings. The lowest BCUT2D eigenvalue weighted by molar-refractivity contribution is -0.633. The first-order valence-corrected chi connectivity index (χ1v) is 8.96. The Morgan fingerprint density at radius 2 is 1.81 bits per heavy atom. The highest BCUT2D eigenvalue weighted by atomic mass is 19.1. The number of nitrogens with zero attached hydrogens (tertiary/aromatic N) is 1. The summed E-state index contributed by atoms with van der Waals surface area (Å²) >= 11 is 0. The summed E-state index contributed by atoms with van der Waals surface area (Å²) in [6.07, 6.45) is 0. The van der Waals surface area contributed by atoms with Gasteiger partial charge in [-0.25, -0.2) is 4.39 Å². The molecule has 0 amide bonds. The summed E-state index contributed by atoms with van der Waals surface area (Å²) in [6, 6.07) is 16.9. The average Bonchev–Trinajstić information content (AvgIpc) is 3.04. The van der Waals surface area contributed by atoms with Crippen LogP contribution in [0.2, 0.25) is 0 Å². The van der Waals surface area contributed by atoms with Crippen LogP contribution in [0.25, 0.3) is 44.1 Å². The van der Waals surface area contributed by atoms with E-state index in [4.69, 9.17) is 5.79 Å². The van der Waals surface area contributed by atoms with Crippen LogP contribution in [-0.4, -0.2) is 0 Å². The topological polar surface area (TPSA) is 17.0 Å². The molecule has 2 heterocycles. The maximum atomic E-state index is 13.7. The Hall–Kier alpha value is -3.20. The molecule has 0 saturated heterocycles. The minimum Gasteiger partial charge on any atom is -0.455 e. The summed E-state index contributed by atoms with van der Waals surface area (Å²) in [5.41, 5.74) is 6.63. The highest BCUT2D eigenvalue weighted by molar-refractivity contribution is 6.10. The van der Waals surface area contributed by atoms with Gasteiger partial charge in [-0.2, -0.15) is 4.57 Å². The van der Waals surface area contributed by atoms with Gasteiger partial charge in [-0.15, -0.1) is 0 Å². The first kappa shape index (κ1) is 14.9. The van der Waals surface area contributed by atoms with Crippen molar-refractivity contribution < 1.29 is 14.7 Å². The second kappa shape index (κ2) is 5.65. The first-order valence-electron chi connectivity index (χ1n) is 9.46. The van der Waals surface area contributed by atoms with Crippen LogP contribution in [-0.2, 0) is 7.05 Å². The van der Waals surface area contributed by atoms with Crippen molar-refractivity contribution in [3.8, 4) is 11.3 Å². The van der Waals surface area contributed by atoms with Gasteiger partial charge in [0.2, 0.25) is 11.2 Å². The third-order valence-electron chi connectivity index (χ3n) is 5.49. The van der Waals surface area contributed by atoms with E-state index in [0.29, 0.717) is 11.4 Å². The van der Waals surface area contributed by atoms with Crippen molar-refractivity contribution in [2.45, 2.75) is 13.8 Å². The minimum absolute atomic E-state index is 0.299. The molecule has 0 aliphatic heterocycles. The van der Waals surface area contributed by atoms with Crippen molar-refractivity contribution in [1.29, 1.82) is 0 Å². The van der Waals surface area contributed by atoms with E-state index in [0.717, 1.165) is 44.3 Å². The molecule has 27 heavy (non-hydrogen) atoms. The molecule has 0 aliphatic rings. The Labute approximate surface area is 157 Å². The number of hydrogen-bond acceptors (Lipinski definition) is 1. The molecule has 5 rings (SSSR count). The molecule has 2 nitrogen and oxygen atoms in total. The van der Waals surface area contributed by atoms with Gasteiger partial charge >= 0.3 is 0 Å². The fraction of sp³-hybridized carbons (Fsp3) is 0.125. The number of aryl methyl sites for hydroxylation is 2. The van der Waals surface area contributed by atoms with E-state index in [1.807, 2.05) is 29.8 Å². The Morgan fingerprint density at radius 1 is 1.00 bits per heavy atom. The molecule has 132 valence electrons. The molecule has 0 N–H and O–H groups in total. The molecule has 0 unspecified atom stereocenters. The Balaban J connectivity index is 1.95. The van der Waals surface area contributed by atoms with Crippen LogP contribution < -0.4 is 4.57 Å². The molecular formula is C24H19FNO+. The van der Waals surface area contributed by atoms with Crippen LogP contribution in [0, 0.1) is 19.7 Å². The molecule has 0 bridgehead atoms. The maximum Gasteiger partial charge on any atom is 0.216 e. The fourth-order valence-electron chi connectivity index (χ4n) is 3.92. The van der Waals surface area contributed by atoms with Gasteiger partial charge in [0.15, 0.2) is 0 Å². The van der Waals surface area contributed by atoms with E-state index in [1.54, 1.807) is 12.1 Å². The summed E-state index contributed by atoms with van der Waals surface area (Å²) in [5, 5.41) is 2.75. The third kappa shape index (κ3) is 2.28. The molecule has 2 aromatic heterocycles. The van der Waals surface area contributed by atoms with Gasteiger partial charge in [-0.3, -0.25) is 0 Å². The highest BCUT2D eigenvalue weighted by Gasteiger charge is 2.23. The van der Waals surface area contributed by atoms with Crippen molar-refractivity contribution in [3.63, 3.8) is 0 Å². The van der Waals surface area contributed by atoms with E-state index in [1.165, 1.54) is 17.7 Å². The predicted octanol–water partition coefficient (Wildman–Crippen LogP) is 5.99. The SMILES string of the molecule is [2H]c1cc(-c2c(C)c(C)cc3c2oc2ccccc23)[n+](C)c2ccc(F)cc12. The van der Waals surface area contributed by atoms with Gasteiger partial charge in [0, 0.05) is 28.3 Å². The van der Waals surface area contributed by atoms with Crippen LogP contribution in [0.4, 0.5) is 4.39 Å². The van der Waals surface area contributed by atoms with Crippen LogP contribution in [0.3, 0.4) is 0 Å². The van der Waals surface area contributed by atoms with Gasteiger partial charge in [0.1, 0.15) is 24.0 Å². The quantitative estimate of drug-likeness (QED) is 0.337. The van der Waals surface area contributed by atoms with E-state index in [-0.39, 0.29) is 5.82 Å². The molecule has 0 radical (unpaired) electrons. The Kier molecular flexibility index (Phi) is 3.12. The number of fused-ring (bicyclic) bond motifs is 4. The number of furan rings is 1. The molecule has 0 atom stereocenters. The normalized spacial score (nSPS) is 12.2. The Morgan fingerprint density at radius 3 is 2.67 bits per heavy atom. The van der Waals surface area contributed by atoms with Gasteiger partial charge in [0.25, 0.3) is 0 Å². The monoisotopic (exact) mass is 357 g/mol. The fourth-order valence-corrected chi connectivity index (χ4v) is 3.92. The van der Waals surface area contributed by atoms with Crippen LogP contribution in [0.15, 0.2) is 65.1 Å². The van der Waals surface area contributed by atoms with Crippen LogP contribution >= 0.6 is 0 Å². The molecule has 0 aliphatic carbocycles. The number of hydrogen-bond donors (Lipinski definition) is 0. The van der Waals surface area contributed by atoms with E-state index < -0.39 is 0 Å². The summed E-state index contributed by atoms with van der Waals surface area (Å²) in [6.45, 7) is 4.17. The zero-order valence-corrected chi connectivity index (χ0v) is 15.4. The minimum atomic E-state index is -0.333. The predicted molar refractivity (Wildman–Crippen MR) is 107 cm³/mol. The first-order chi connectivity index (χ1) is 13.5. The second-order valence-corrected chi connectivity index (χ2v) is 7.06. The lowest BCUT2D eigenvalue weighted by atomic mass is 9.96. The summed E-state index contributed by atoms with van der Waals surface area (Å²) in [4.78, 5) is 0. The molecule has 3 heteroatoms. The standard InChI is InChI=1S/C24H19FNO/c1-14-12-19-18-6-4-5-7-22(18)27-24(19)23(15(14)2)21-10-8-16-13-17(25)9-11-20(16)26(21)3/h4-13H,1-3H3/q+1/i8D. The molecule has 0 spiro atoms. The van der Waals surface area contributed by atoms with Gasteiger partial charge in [0.05, 0.1) is 6.93 Å². The zero-order valence-electron chi connectivity index (χ0n) is 16.4.